The van der Waals surface area contributed by atoms with E-state index in [1.165, 1.54) is 29.5 Å². The van der Waals surface area contributed by atoms with Crippen molar-refractivity contribution in [2.24, 2.45) is 0 Å². The molecule has 1 fully saturated rings. The second kappa shape index (κ2) is 10.7. The number of ether oxygens (including phenoxy) is 1. The number of unbranched alkanes of at least 4 members (excludes halogenated alkanes) is 2. The van der Waals surface area contributed by atoms with E-state index in [4.69, 9.17) is 10.5 Å². The van der Waals surface area contributed by atoms with Gasteiger partial charge in [-0.05, 0) is 48.9 Å². The average Bonchev–Trinajstić information content (AvgIpc) is 3.40. The molecule has 1 saturated heterocycles. The minimum Gasteiger partial charge on any atom is -0.449 e. The lowest BCUT2D eigenvalue weighted by Crippen LogP contribution is -2.30. The van der Waals surface area contributed by atoms with E-state index in [2.05, 4.69) is 63.0 Å². The average molecular weight is 451 g/mol. The first-order valence-corrected chi connectivity index (χ1v) is 11.9. The van der Waals surface area contributed by atoms with E-state index in [0.29, 0.717) is 6.47 Å². The molecule has 3 heterocycles. The molecule has 8 heteroatoms. The highest BCUT2D eigenvalue weighted by atomic mass is 16.5. The summed E-state index contributed by atoms with van der Waals surface area (Å²) in [4.78, 5) is 21.9. The fourth-order valence-corrected chi connectivity index (χ4v) is 4.61. The number of rotatable bonds is 11. The van der Waals surface area contributed by atoms with Gasteiger partial charge in [0.05, 0.1) is 5.52 Å². The molecule has 0 radical (unpaired) electrons. The number of aromatic nitrogens is 3. The molecule has 0 bridgehead atoms. The first-order valence-electron chi connectivity index (χ1n) is 11.9. The molecule has 3 N–H and O–H groups in total. The van der Waals surface area contributed by atoms with Crippen molar-refractivity contribution in [3.63, 3.8) is 0 Å². The van der Waals surface area contributed by atoms with Crippen LogP contribution in [0.3, 0.4) is 0 Å². The summed E-state index contributed by atoms with van der Waals surface area (Å²) in [5, 5.41) is 3.46. The molecule has 8 nitrogen and oxygen atoms in total. The number of hydrogen-bond acceptors (Lipinski definition) is 7. The van der Waals surface area contributed by atoms with Crippen molar-refractivity contribution in [1.29, 1.82) is 0 Å². The highest BCUT2D eigenvalue weighted by molar-refractivity contribution is 5.87. The van der Waals surface area contributed by atoms with Crippen molar-refractivity contribution in [1.82, 2.24) is 19.4 Å². The number of benzene rings is 1. The van der Waals surface area contributed by atoms with E-state index in [-0.39, 0.29) is 12.2 Å². The Labute approximate surface area is 195 Å². The standard InChI is InChI=1S/C25H34N6O2/c1-3-4-5-11-27-24-23-21(28-25(26)29-24)10-13-31(23)16-20-9-8-19(14-18(20)2)15-30-12-6-7-22(30)33-17-32/h8-10,13-14,17,22H,3-7,11-12,15-16H2,1-2H3,(H3,26,27,28,29)/t22-/m1/s1. The Morgan fingerprint density at radius 1 is 1.24 bits per heavy atom. The highest BCUT2D eigenvalue weighted by Crippen LogP contribution is 2.26. The molecule has 176 valence electrons. The third kappa shape index (κ3) is 5.45. The quantitative estimate of drug-likeness (QED) is 0.336. The van der Waals surface area contributed by atoms with Crippen molar-refractivity contribution in [2.75, 3.05) is 24.1 Å². The minimum atomic E-state index is -0.107. The second-order valence-corrected chi connectivity index (χ2v) is 8.80. The van der Waals surface area contributed by atoms with Crippen LogP contribution in [0.5, 0.6) is 0 Å². The summed E-state index contributed by atoms with van der Waals surface area (Å²) in [6.07, 6.45) is 7.35. The van der Waals surface area contributed by atoms with Gasteiger partial charge in [-0.2, -0.15) is 4.98 Å². The smallest absolute Gasteiger partial charge is 0.294 e. The van der Waals surface area contributed by atoms with Crippen LogP contribution in [0.25, 0.3) is 11.0 Å². The molecule has 3 aromatic rings. The summed E-state index contributed by atoms with van der Waals surface area (Å²) >= 11 is 0. The van der Waals surface area contributed by atoms with Crippen molar-refractivity contribution in [3.05, 3.63) is 47.2 Å². The van der Waals surface area contributed by atoms with Gasteiger partial charge in [0.2, 0.25) is 5.95 Å². The van der Waals surface area contributed by atoms with Gasteiger partial charge in [-0.3, -0.25) is 9.69 Å². The van der Waals surface area contributed by atoms with Crippen LogP contribution < -0.4 is 11.1 Å². The number of nitrogen functional groups attached to an aromatic ring is 1. The Balaban J connectivity index is 1.51. The third-order valence-corrected chi connectivity index (χ3v) is 6.35. The molecule has 1 atom stereocenters. The summed E-state index contributed by atoms with van der Waals surface area (Å²) in [6.45, 7) is 8.23. The number of fused-ring (bicyclic) bond motifs is 1. The summed E-state index contributed by atoms with van der Waals surface area (Å²) < 4.78 is 7.42. The number of nitrogens with one attached hydrogen (secondary N) is 1. The van der Waals surface area contributed by atoms with E-state index in [1.54, 1.807) is 0 Å². The van der Waals surface area contributed by atoms with Crippen LogP contribution in [0, 0.1) is 6.92 Å². The molecule has 0 unspecified atom stereocenters. The van der Waals surface area contributed by atoms with Gasteiger partial charge in [0.15, 0.2) is 12.0 Å². The molecule has 33 heavy (non-hydrogen) atoms. The van der Waals surface area contributed by atoms with Crippen LogP contribution in [0.2, 0.25) is 0 Å². The largest absolute Gasteiger partial charge is 0.449 e. The monoisotopic (exact) mass is 450 g/mol. The van der Waals surface area contributed by atoms with Gasteiger partial charge in [-0.15, -0.1) is 0 Å². The zero-order valence-electron chi connectivity index (χ0n) is 19.6. The van der Waals surface area contributed by atoms with Gasteiger partial charge in [-0.25, -0.2) is 4.98 Å². The van der Waals surface area contributed by atoms with E-state index < -0.39 is 0 Å². The van der Waals surface area contributed by atoms with Gasteiger partial charge in [0.25, 0.3) is 6.47 Å². The van der Waals surface area contributed by atoms with Crippen LogP contribution in [-0.2, 0) is 22.6 Å². The van der Waals surface area contributed by atoms with Gasteiger partial charge < -0.3 is 20.4 Å². The summed E-state index contributed by atoms with van der Waals surface area (Å²) in [7, 11) is 0. The van der Waals surface area contributed by atoms with E-state index in [9.17, 15) is 4.79 Å². The first kappa shape index (κ1) is 23.0. The van der Waals surface area contributed by atoms with E-state index in [1.807, 2.05) is 6.07 Å². The number of carbonyl (C=O) groups excluding carboxylic acids is 1. The Morgan fingerprint density at radius 3 is 2.91 bits per heavy atom. The number of carbonyl (C=O) groups is 1. The van der Waals surface area contributed by atoms with Crippen LogP contribution in [-0.4, -0.2) is 45.2 Å². The molecular formula is C25H34N6O2. The maximum Gasteiger partial charge on any atom is 0.294 e. The molecule has 1 aliphatic heterocycles. The van der Waals surface area contributed by atoms with Gasteiger partial charge in [0, 0.05) is 32.4 Å². The predicted octanol–water partition coefficient (Wildman–Crippen LogP) is 4.07. The third-order valence-electron chi connectivity index (χ3n) is 6.35. The van der Waals surface area contributed by atoms with E-state index in [0.717, 1.165) is 62.3 Å². The molecule has 1 aliphatic rings. The Kier molecular flexibility index (Phi) is 7.44. The maximum absolute atomic E-state index is 10.8. The number of nitrogens with zero attached hydrogens (tertiary/aromatic N) is 4. The fraction of sp³-hybridized carbons (Fsp3) is 0.480. The topological polar surface area (TPSA) is 98.3 Å². The van der Waals surface area contributed by atoms with Crippen molar-refractivity contribution in [3.8, 4) is 0 Å². The van der Waals surface area contributed by atoms with Crippen molar-refractivity contribution < 1.29 is 9.53 Å². The SMILES string of the molecule is CCCCCNc1nc(N)nc2ccn(Cc3ccc(CN4CCC[C@H]4OC=O)cc3C)c12. The zero-order valence-corrected chi connectivity index (χ0v) is 19.6. The minimum absolute atomic E-state index is 0.107. The van der Waals surface area contributed by atoms with Gasteiger partial charge >= 0.3 is 0 Å². The Hall–Kier alpha value is -3.13. The maximum atomic E-state index is 10.8. The fourth-order valence-electron chi connectivity index (χ4n) is 4.61. The van der Waals surface area contributed by atoms with Crippen LogP contribution in [0.1, 0.15) is 55.7 Å². The molecule has 1 aromatic carbocycles. The Morgan fingerprint density at radius 2 is 2.12 bits per heavy atom. The molecule has 0 aliphatic carbocycles. The molecule has 4 rings (SSSR count). The van der Waals surface area contributed by atoms with Crippen molar-refractivity contribution >= 4 is 29.3 Å². The summed E-state index contributed by atoms with van der Waals surface area (Å²) in [6, 6.07) is 8.59. The highest BCUT2D eigenvalue weighted by Gasteiger charge is 2.25. The molecule has 2 aromatic heterocycles. The van der Waals surface area contributed by atoms with E-state index >= 15 is 0 Å². The second-order valence-electron chi connectivity index (χ2n) is 8.80. The lowest BCUT2D eigenvalue weighted by Gasteiger charge is -2.23. The van der Waals surface area contributed by atoms with Gasteiger partial charge in [0.1, 0.15) is 5.52 Å². The molecule has 0 saturated carbocycles. The van der Waals surface area contributed by atoms with Crippen LogP contribution >= 0.6 is 0 Å². The lowest BCUT2D eigenvalue weighted by molar-refractivity contribution is -0.141. The predicted molar refractivity (Wildman–Crippen MR) is 131 cm³/mol. The normalized spacial score (nSPS) is 16.4. The van der Waals surface area contributed by atoms with Crippen molar-refractivity contribution in [2.45, 2.75) is 65.3 Å². The molecule has 0 amide bonds. The Bertz CT molecular complexity index is 1100. The first-order chi connectivity index (χ1) is 16.1. The lowest BCUT2D eigenvalue weighted by atomic mass is 10.0. The number of likely N-dealkylation sites (tertiary alicyclic amines) is 1. The molecular weight excluding hydrogens is 416 g/mol. The van der Waals surface area contributed by atoms with Crippen LogP contribution in [0.4, 0.5) is 11.8 Å². The number of hydrogen-bond donors (Lipinski definition) is 2. The zero-order chi connectivity index (χ0) is 23.2. The number of anilines is 2. The van der Waals surface area contributed by atoms with Gasteiger partial charge in [-0.1, -0.05) is 38.0 Å². The number of aryl methyl sites for hydroxylation is 1. The number of nitrogens with two attached hydrogens (primary N) is 1. The summed E-state index contributed by atoms with van der Waals surface area (Å²) in [5.74, 6) is 1.08. The van der Waals surface area contributed by atoms with Crippen LogP contribution in [0.15, 0.2) is 30.5 Å². The molecule has 0 spiro atoms. The summed E-state index contributed by atoms with van der Waals surface area (Å²) in [5.41, 5.74) is 11.5.